The minimum absolute atomic E-state index is 0.0848. The number of nitrogens with zero attached hydrogens (tertiary/aromatic N) is 3. The van der Waals surface area contributed by atoms with Crippen molar-refractivity contribution in [2.75, 3.05) is 6.54 Å². The van der Waals surface area contributed by atoms with Crippen molar-refractivity contribution in [2.24, 2.45) is 7.05 Å². The van der Waals surface area contributed by atoms with Gasteiger partial charge in [0.1, 0.15) is 11.4 Å². The van der Waals surface area contributed by atoms with E-state index in [2.05, 4.69) is 21.3 Å². The Balaban J connectivity index is 1.62. The van der Waals surface area contributed by atoms with Crippen LogP contribution in [0.2, 0.25) is 0 Å². The molecule has 0 aliphatic carbocycles. The van der Waals surface area contributed by atoms with Gasteiger partial charge in [-0.15, -0.1) is 6.42 Å². The third-order valence-electron chi connectivity index (χ3n) is 5.41. The highest BCUT2D eigenvalue weighted by molar-refractivity contribution is 5.99. The summed E-state index contributed by atoms with van der Waals surface area (Å²) in [6, 6.07) is 7.46. The minimum Gasteiger partial charge on any atom is -0.351 e. The number of aryl methyl sites for hydroxylation is 2. The third kappa shape index (κ3) is 3.27. The lowest BCUT2D eigenvalue weighted by Crippen LogP contribution is -2.38. The lowest BCUT2D eigenvalue weighted by Gasteiger charge is -2.26. The van der Waals surface area contributed by atoms with Crippen LogP contribution >= 0.6 is 0 Å². The largest absolute Gasteiger partial charge is 0.351 e. The van der Waals surface area contributed by atoms with Gasteiger partial charge in [-0.3, -0.25) is 14.3 Å². The van der Waals surface area contributed by atoms with Gasteiger partial charge in [-0.2, -0.15) is 5.10 Å². The van der Waals surface area contributed by atoms with Crippen LogP contribution < -0.4 is 5.32 Å². The smallest absolute Gasteiger partial charge is 0.270 e. The van der Waals surface area contributed by atoms with Crippen LogP contribution in [0.25, 0.3) is 10.9 Å². The van der Waals surface area contributed by atoms with Crippen LogP contribution in [0.4, 0.5) is 0 Å². The quantitative estimate of drug-likeness (QED) is 0.674. The van der Waals surface area contributed by atoms with Crippen molar-refractivity contribution in [2.45, 2.75) is 32.9 Å². The van der Waals surface area contributed by atoms with Crippen LogP contribution in [0.5, 0.6) is 0 Å². The zero-order valence-corrected chi connectivity index (χ0v) is 16.7. The number of carbonyl (C=O) groups is 2. The van der Waals surface area contributed by atoms with Crippen LogP contribution in [-0.4, -0.2) is 44.1 Å². The van der Waals surface area contributed by atoms with Crippen molar-refractivity contribution in [1.82, 2.24) is 25.0 Å². The molecule has 0 fully saturated rings. The maximum atomic E-state index is 13.1. The molecule has 4 rings (SSSR count). The van der Waals surface area contributed by atoms with E-state index in [1.165, 1.54) is 0 Å². The molecule has 0 spiro atoms. The van der Waals surface area contributed by atoms with Crippen molar-refractivity contribution in [3.63, 3.8) is 0 Å². The Bertz CT molecular complexity index is 1160. The van der Waals surface area contributed by atoms with Gasteiger partial charge < -0.3 is 15.2 Å². The van der Waals surface area contributed by atoms with E-state index in [1.807, 2.05) is 31.2 Å². The van der Waals surface area contributed by atoms with Crippen LogP contribution in [0.3, 0.4) is 0 Å². The highest BCUT2D eigenvalue weighted by Crippen LogP contribution is 2.25. The summed E-state index contributed by atoms with van der Waals surface area (Å²) in [4.78, 5) is 30.8. The van der Waals surface area contributed by atoms with E-state index < -0.39 is 0 Å². The van der Waals surface area contributed by atoms with E-state index in [4.69, 9.17) is 6.42 Å². The first-order valence-corrected chi connectivity index (χ1v) is 9.58. The Morgan fingerprint density at radius 2 is 2.17 bits per heavy atom. The van der Waals surface area contributed by atoms with E-state index in [-0.39, 0.29) is 17.9 Å². The van der Waals surface area contributed by atoms with E-state index in [0.29, 0.717) is 30.9 Å². The first kappa shape index (κ1) is 18.8. The fourth-order valence-corrected chi connectivity index (χ4v) is 3.86. The molecular formula is C22H23N5O2. The molecule has 3 heterocycles. The zero-order valence-electron chi connectivity index (χ0n) is 16.7. The summed E-state index contributed by atoms with van der Waals surface area (Å²) >= 11 is 0. The second-order valence-corrected chi connectivity index (χ2v) is 7.46. The molecule has 29 heavy (non-hydrogen) atoms. The SMILES string of the molecule is C#CC(C)NC(=O)c1c2c(nn1C)CCN(C(=O)c1cc3c(C)cccc3[nH]1)C2. The van der Waals surface area contributed by atoms with Crippen LogP contribution in [0.15, 0.2) is 24.3 Å². The molecule has 1 aliphatic rings. The normalized spacial score (nSPS) is 14.3. The van der Waals surface area contributed by atoms with E-state index in [0.717, 1.165) is 27.7 Å². The Kier molecular flexibility index (Phi) is 4.63. The number of amides is 2. The predicted molar refractivity (Wildman–Crippen MR) is 110 cm³/mol. The molecule has 1 atom stereocenters. The first-order chi connectivity index (χ1) is 13.9. The van der Waals surface area contributed by atoms with Crippen LogP contribution in [-0.2, 0) is 20.0 Å². The lowest BCUT2D eigenvalue weighted by atomic mass is 10.0. The molecule has 2 N–H and O–H groups in total. The Hall–Kier alpha value is -3.53. The molecule has 0 bridgehead atoms. The van der Waals surface area contributed by atoms with Gasteiger partial charge in [0.2, 0.25) is 0 Å². The number of aromatic amines is 1. The van der Waals surface area contributed by atoms with Crippen LogP contribution in [0, 0.1) is 19.3 Å². The summed E-state index contributed by atoms with van der Waals surface area (Å²) in [5.41, 5.74) is 4.69. The average molecular weight is 389 g/mol. The third-order valence-corrected chi connectivity index (χ3v) is 5.41. The molecule has 2 aromatic heterocycles. The summed E-state index contributed by atoms with van der Waals surface area (Å²) in [6.07, 6.45) is 5.98. The summed E-state index contributed by atoms with van der Waals surface area (Å²) < 4.78 is 1.57. The molecule has 7 nitrogen and oxygen atoms in total. The minimum atomic E-state index is -0.385. The maximum Gasteiger partial charge on any atom is 0.270 e. The standard InChI is InChI=1S/C22H23N5O2/c1-5-14(3)23-21(28)20-16-12-27(10-9-18(16)25-26(20)4)22(29)19-11-15-13(2)7-6-8-17(15)24-19/h1,6-8,11,14,24H,9-10,12H2,2-4H3,(H,23,28). The summed E-state index contributed by atoms with van der Waals surface area (Å²) in [7, 11) is 1.74. The monoisotopic (exact) mass is 389 g/mol. The number of carbonyl (C=O) groups excluding carboxylic acids is 2. The van der Waals surface area contributed by atoms with Crippen molar-refractivity contribution in [3.05, 3.63) is 52.5 Å². The number of benzene rings is 1. The average Bonchev–Trinajstić information content (AvgIpc) is 3.27. The van der Waals surface area contributed by atoms with Gasteiger partial charge in [0.25, 0.3) is 11.8 Å². The number of nitrogens with one attached hydrogen (secondary N) is 2. The maximum absolute atomic E-state index is 13.1. The summed E-state index contributed by atoms with van der Waals surface area (Å²) in [5.74, 6) is 2.13. The fourth-order valence-electron chi connectivity index (χ4n) is 3.86. The van der Waals surface area contributed by atoms with Gasteiger partial charge >= 0.3 is 0 Å². The fraction of sp³-hybridized carbons (Fsp3) is 0.318. The molecule has 1 unspecified atom stereocenters. The summed E-state index contributed by atoms with van der Waals surface area (Å²) in [5, 5.41) is 8.29. The first-order valence-electron chi connectivity index (χ1n) is 9.58. The van der Waals surface area contributed by atoms with Crippen molar-refractivity contribution in [1.29, 1.82) is 0 Å². The van der Waals surface area contributed by atoms with Gasteiger partial charge in [-0.05, 0) is 31.5 Å². The van der Waals surface area contributed by atoms with Gasteiger partial charge in [-0.1, -0.05) is 18.1 Å². The number of aromatic nitrogens is 3. The van der Waals surface area contributed by atoms with Gasteiger partial charge in [0.15, 0.2) is 0 Å². The van der Waals surface area contributed by atoms with Gasteiger partial charge in [0.05, 0.1) is 18.3 Å². The second-order valence-electron chi connectivity index (χ2n) is 7.46. The van der Waals surface area contributed by atoms with Crippen molar-refractivity contribution < 1.29 is 9.59 Å². The van der Waals surface area contributed by atoms with Crippen molar-refractivity contribution in [3.8, 4) is 12.3 Å². The highest BCUT2D eigenvalue weighted by atomic mass is 16.2. The lowest BCUT2D eigenvalue weighted by molar-refractivity contribution is 0.0726. The molecular weight excluding hydrogens is 366 g/mol. The number of hydrogen-bond acceptors (Lipinski definition) is 3. The van der Waals surface area contributed by atoms with E-state index in [1.54, 1.807) is 23.6 Å². The molecule has 0 saturated carbocycles. The number of fused-ring (bicyclic) bond motifs is 2. The topological polar surface area (TPSA) is 83.0 Å². The molecule has 0 radical (unpaired) electrons. The molecule has 1 aromatic carbocycles. The summed E-state index contributed by atoms with van der Waals surface area (Å²) in [6.45, 7) is 4.66. The molecule has 3 aromatic rings. The molecule has 1 aliphatic heterocycles. The predicted octanol–water partition coefficient (Wildman–Crippen LogP) is 2.16. The van der Waals surface area contributed by atoms with Crippen LogP contribution in [0.1, 0.15) is 44.7 Å². The van der Waals surface area contributed by atoms with Crippen molar-refractivity contribution >= 4 is 22.7 Å². The molecule has 0 saturated heterocycles. The van der Waals surface area contributed by atoms with E-state index in [9.17, 15) is 9.59 Å². The van der Waals surface area contributed by atoms with Gasteiger partial charge in [0, 0.05) is 36.5 Å². The Labute approximate surface area is 169 Å². The Morgan fingerprint density at radius 3 is 2.90 bits per heavy atom. The number of H-pyrrole nitrogens is 1. The number of hydrogen-bond donors (Lipinski definition) is 2. The van der Waals surface area contributed by atoms with Gasteiger partial charge in [-0.25, -0.2) is 0 Å². The number of rotatable bonds is 3. The number of terminal acetylenes is 1. The molecule has 7 heteroatoms. The zero-order chi connectivity index (χ0) is 20.7. The second kappa shape index (κ2) is 7.13. The molecule has 148 valence electrons. The molecule has 2 amide bonds. The highest BCUT2D eigenvalue weighted by Gasteiger charge is 2.30. The Morgan fingerprint density at radius 1 is 1.38 bits per heavy atom. The van der Waals surface area contributed by atoms with E-state index >= 15 is 0 Å².